The standard InChI is InChI=1S/C13H15BrN2O/c1-8-4-9-2-3-10(14)5-11(9)13(6-8)7-17-12(15)16-13/h2-3,5,8H,4,6-7H2,1H3,(H2,15,16). The van der Waals surface area contributed by atoms with E-state index in [1.165, 1.54) is 11.1 Å². The van der Waals surface area contributed by atoms with Crippen LogP contribution in [0.4, 0.5) is 0 Å². The highest BCUT2D eigenvalue weighted by Gasteiger charge is 2.43. The highest BCUT2D eigenvalue weighted by Crippen LogP contribution is 2.44. The molecule has 17 heavy (non-hydrogen) atoms. The van der Waals surface area contributed by atoms with Gasteiger partial charge in [-0.25, -0.2) is 4.99 Å². The molecule has 2 N–H and O–H groups in total. The number of hydrogen-bond donors (Lipinski definition) is 1. The van der Waals surface area contributed by atoms with Gasteiger partial charge in [0.2, 0.25) is 0 Å². The van der Waals surface area contributed by atoms with Crippen molar-refractivity contribution in [3.8, 4) is 0 Å². The summed E-state index contributed by atoms with van der Waals surface area (Å²) in [6.45, 7) is 2.84. The monoisotopic (exact) mass is 294 g/mol. The van der Waals surface area contributed by atoms with Gasteiger partial charge in [-0.2, -0.15) is 0 Å². The van der Waals surface area contributed by atoms with Crippen LogP contribution in [0.25, 0.3) is 0 Å². The summed E-state index contributed by atoms with van der Waals surface area (Å²) in [5.74, 6) is 0.613. The highest BCUT2D eigenvalue weighted by molar-refractivity contribution is 9.10. The molecule has 0 fully saturated rings. The molecule has 1 aromatic carbocycles. The Balaban J connectivity index is 2.16. The topological polar surface area (TPSA) is 47.6 Å². The number of halogens is 1. The lowest BCUT2D eigenvalue weighted by Gasteiger charge is -2.35. The third-order valence-corrected chi connectivity index (χ3v) is 4.10. The van der Waals surface area contributed by atoms with Gasteiger partial charge in [-0.3, -0.25) is 0 Å². The molecular formula is C13H15BrN2O. The summed E-state index contributed by atoms with van der Waals surface area (Å²) >= 11 is 3.53. The Hall–Kier alpha value is -1.03. The molecule has 1 aliphatic carbocycles. The predicted octanol–water partition coefficient (Wildman–Crippen LogP) is 2.57. The van der Waals surface area contributed by atoms with Gasteiger partial charge in [-0.1, -0.05) is 28.9 Å². The minimum Gasteiger partial charge on any atom is -0.462 e. The van der Waals surface area contributed by atoms with Crippen molar-refractivity contribution >= 4 is 22.0 Å². The van der Waals surface area contributed by atoms with Crippen LogP contribution in [0.3, 0.4) is 0 Å². The van der Waals surface area contributed by atoms with E-state index in [9.17, 15) is 0 Å². The van der Waals surface area contributed by atoms with Gasteiger partial charge in [0.05, 0.1) is 0 Å². The van der Waals surface area contributed by atoms with Gasteiger partial charge in [0, 0.05) is 4.47 Å². The van der Waals surface area contributed by atoms with E-state index in [2.05, 4.69) is 46.0 Å². The summed E-state index contributed by atoms with van der Waals surface area (Å²) in [4.78, 5) is 4.56. The van der Waals surface area contributed by atoms with E-state index in [1.807, 2.05) is 0 Å². The largest absolute Gasteiger partial charge is 0.462 e. The Labute approximate surface area is 109 Å². The first kappa shape index (κ1) is 11.1. The molecule has 90 valence electrons. The van der Waals surface area contributed by atoms with Crippen LogP contribution in [-0.4, -0.2) is 12.6 Å². The molecule has 1 aliphatic heterocycles. The number of nitrogens with two attached hydrogens (primary N) is 1. The van der Waals surface area contributed by atoms with Crippen molar-refractivity contribution in [1.82, 2.24) is 0 Å². The van der Waals surface area contributed by atoms with Crippen molar-refractivity contribution in [3.05, 3.63) is 33.8 Å². The van der Waals surface area contributed by atoms with E-state index in [4.69, 9.17) is 10.5 Å². The molecule has 4 heteroatoms. The van der Waals surface area contributed by atoms with Crippen molar-refractivity contribution in [3.63, 3.8) is 0 Å². The Kier molecular flexibility index (Phi) is 2.43. The van der Waals surface area contributed by atoms with E-state index < -0.39 is 0 Å². The predicted molar refractivity (Wildman–Crippen MR) is 70.9 cm³/mol. The average molecular weight is 295 g/mol. The molecule has 0 aromatic heterocycles. The molecule has 2 aliphatic rings. The molecule has 3 nitrogen and oxygen atoms in total. The molecule has 1 aromatic rings. The second-order valence-electron chi connectivity index (χ2n) is 5.09. The Bertz CT molecular complexity index is 500. The molecule has 0 radical (unpaired) electrons. The molecule has 3 rings (SSSR count). The molecular weight excluding hydrogens is 280 g/mol. The van der Waals surface area contributed by atoms with Crippen molar-refractivity contribution in [1.29, 1.82) is 0 Å². The molecule has 0 saturated heterocycles. The zero-order chi connectivity index (χ0) is 12.0. The Morgan fingerprint density at radius 2 is 2.35 bits per heavy atom. The molecule has 2 atom stereocenters. The third kappa shape index (κ3) is 1.75. The van der Waals surface area contributed by atoms with E-state index in [1.54, 1.807) is 0 Å². The molecule has 0 bridgehead atoms. The smallest absolute Gasteiger partial charge is 0.283 e. The number of aliphatic imine (C=N–C) groups is 1. The van der Waals surface area contributed by atoms with E-state index >= 15 is 0 Å². The number of rotatable bonds is 0. The number of ether oxygens (including phenoxy) is 1. The van der Waals surface area contributed by atoms with Crippen LogP contribution >= 0.6 is 15.9 Å². The Morgan fingerprint density at radius 1 is 1.53 bits per heavy atom. The van der Waals surface area contributed by atoms with E-state index in [0.717, 1.165) is 17.3 Å². The van der Waals surface area contributed by atoms with Crippen LogP contribution in [0.2, 0.25) is 0 Å². The normalized spacial score (nSPS) is 30.9. The summed E-state index contributed by atoms with van der Waals surface area (Å²) in [6, 6.07) is 6.76. The SMILES string of the molecule is CC1Cc2ccc(Br)cc2C2(COC(N)=N2)C1. The highest BCUT2D eigenvalue weighted by atomic mass is 79.9. The number of amidine groups is 1. The third-order valence-electron chi connectivity index (χ3n) is 3.61. The molecule has 0 amide bonds. The zero-order valence-corrected chi connectivity index (χ0v) is 11.3. The lowest BCUT2D eigenvalue weighted by molar-refractivity contribution is 0.212. The fourth-order valence-corrected chi connectivity index (χ4v) is 3.37. The quantitative estimate of drug-likeness (QED) is 0.799. The van der Waals surface area contributed by atoms with Gasteiger partial charge in [0.15, 0.2) is 0 Å². The van der Waals surface area contributed by atoms with Crippen LogP contribution in [-0.2, 0) is 16.7 Å². The van der Waals surface area contributed by atoms with Gasteiger partial charge in [-0.05, 0) is 42.0 Å². The fraction of sp³-hybridized carbons (Fsp3) is 0.462. The minimum atomic E-state index is -0.249. The Morgan fingerprint density at radius 3 is 3.06 bits per heavy atom. The average Bonchev–Trinajstić information content (AvgIpc) is 2.62. The molecule has 1 heterocycles. The fourth-order valence-electron chi connectivity index (χ4n) is 3.01. The first-order valence-electron chi connectivity index (χ1n) is 5.86. The van der Waals surface area contributed by atoms with Gasteiger partial charge in [-0.15, -0.1) is 0 Å². The van der Waals surface area contributed by atoms with Gasteiger partial charge in [0.25, 0.3) is 6.02 Å². The second kappa shape index (κ2) is 3.73. The summed E-state index contributed by atoms with van der Waals surface area (Å²) in [5.41, 5.74) is 8.09. The van der Waals surface area contributed by atoms with Crippen LogP contribution in [0.5, 0.6) is 0 Å². The molecule has 2 unspecified atom stereocenters. The first-order chi connectivity index (χ1) is 8.09. The van der Waals surface area contributed by atoms with E-state index in [0.29, 0.717) is 18.5 Å². The summed E-state index contributed by atoms with van der Waals surface area (Å²) in [5, 5.41) is 0. The van der Waals surface area contributed by atoms with Gasteiger partial charge >= 0.3 is 0 Å². The summed E-state index contributed by atoms with van der Waals surface area (Å²) in [7, 11) is 0. The van der Waals surface area contributed by atoms with Crippen molar-refractivity contribution < 1.29 is 4.74 Å². The second-order valence-corrected chi connectivity index (χ2v) is 6.00. The zero-order valence-electron chi connectivity index (χ0n) is 9.74. The van der Waals surface area contributed by atoms with Crippen molar-refractivity contribution in [2.45, 2.75) is 25.3 Å². The molecule has 0 saturated carbocycles. The minimum absolute atomic E-state index is 0.249. The van der Waals surface area contributed by atoms with Crippen molar-refractivity contribution in [2.24, 2.45) is 16.6 Å². The van der Waals surface area contributed by atoms with Crippen LogP contribution in [0.1, 0.15) is 24.5 Å². The van der Waals surface area contributed by atoms with Crippen molar-refractivity contribution in [2.75, 3.05) is 6.61 Å². The maximum absolute atomic E-state index is 5.70. The summed E-state index contributed by atoms with van der Waals surface area (Å²) in [6.07, 6.45) is 2.12. The maximum Gasteiger partial charge on any atom is 0.283 e. The lowest BCUT2D eigenvalue weighted by Crippen LogP contribution is -2.34. The van der Waals surface area contributed by atoms with Gasteiger partial charge in [0.1, 0.15) is 12.1 Å². The number of hydrogen-bond acceptors (Lipinski definition) is 3. The van der Waals surface area contributed by atoms with Crippen LogP contribution in [0.15, 0.2) is 27.7 Å². The van der Waals surface area contributed by atoms with E-state index in [-0.39, 0.29) is 5.54 Å². The summed E-state index contributed by atoms with van der Waals surface area (Å²) < 4.78 is 6.49. The number of fused-ring (bicyclic) bond motifs is 2. The molecule has 1 spiro atoms. The first-order valence-corrected chi connectivity index (χ1v) is 6.65. The maximum atomic E-state index is 5.70. The van der Waals surface area contributed by atoms with Gasteiger partial charge < -0.3 is 10.5 Å². The lowest BCUT2D eigenvalue weighted by atomic mass is 9.73. The van der Waals surface area contributed by atoms with Crippen LogP contribution in [0, 0.1) is 5.92 Å². The number of benzene rings is 1. The number of nitrogens with zero attached hydrogens (tertiary/aromatic N) is 1. The van der Waals surface area contributed by atoms with Crippen LogP contribution < -0.4 is 5.73 Å².